The number of hydrogen-bond acceptors (Lipinski definition) is 3. The van der Waals surface area contributed by atoms with Crippen LogP contribution in [-0.2, 0) is 11.5 Å². The summed E-state index contributed by atoms with van der Waals surface area (Å²) in [4.78, 5) is 0. The molecule has 2 aromatic carbocycles. The predicted molar refractivity (Wildman–Crippen MR) is 104 cm³/mol. The second-order valence-corrected chi connectivity index (χ2v) is 7.19. The summed E-state index contributed by atoms with van der Waals surface area (Å²) < 4.78 is 2.80. The molecular formula is C19H21N3S2. The molecule has 0 saturated carbocycles. The minimum absolute atomic E-state index is 0.173. The van der Waals surface area contributed by atoms with E-state index in [1.807, 2.05) is 17.8 Å². The molecule has 1 aromatic heterocycles. The lowest BCUT2D eigenvalue weighted by atomic mass is 10.1. The predicted octanol–water partition coefficient (Wildman–Crippen LogP) is 5.29. The molecule has 1 unspecified atom stereocenters. The molecule has 3 aromatic rings. The van der Waals surface area contributed by atoms with Gasteiger partial charge in [-0.25, -0.2) is 0 Å². The Labute approximate surface area is 152 Å². The van der Waals surface area contributed by atoms with Crippen LogP contribution in [0.15, 0.2) is 54.6 Å². The van der Waals surface area contributed by atoms with Gasteiger partial charge < -0.3 is 0 Å². The maximum absolute atomic E-state index is 5.45. The fourth-order valence-electron chi connectivity index (χ4n) is 2.74. The van der Waals surface area contributed by atoms with Gasteiger partial charge in [-0.3, -0.25) is 9.67 Å². The molecule has 3 rings (SSSR count). The van der Waals surface area contributed by atoms with Crippen LogP contribution >= 0.6 is 24.0 Å². The van der Waals surface area contributed by atoms with Crippen molar-refractivity contribution in [2.75, 3.05) is 0 Å². The summed E-state index contributed by atoms with van der Waals surface area (Å²) in [5, 5.41) is 7.39. The lowest BCUT2D eigenvalue weighted by molar-refractivity contribution is 0.608. The number of nitrogens with one attached hydrogen (secondary N) is 1. The van der Waals surface area contributed by atoms with E-state index in [4.69, 9.17) is 12.2 Å². The summed E-state index contributed by atoms with van der Waals surface area (Å²) in [6.07, 6.45) is 0. The maximum Gasteiger partial charge on any atom is 0.195 e. The Morgan fingerprint density at radius 2 is 1.79 bits per heavy atom. The van der Waals surface area contributed by atoms with Gasteiger partial charge in [0.1, 0.15) is 5.82 Å². The van der Waals surface area contributed by atoms with E-state index in [2.05, 4.69) is 77.1 Å². The monoisotopic (exact) mass is 355 g/mol. The highest BCUT2D eigenvalue weighted by Gasteiger charge is 2.14. The molecule has 0 aliphatic rings. The van der Waals surface area contributed by atoms with E-state index < -0.39 is 0 Å². The number of aromatic amines is 1. The van der Waals surface area contributed by atoms with Gasteiger partial charge in [0, 0.05) is 5.75 Å². The first-order valence-electron chi connectivity index (χ1n) is 8.00. The Morgan fingerprint density at radius 1 is 1.08 bits per heavy atom. The van der Waals surface area contributed by atoms with E-state index in [-0.39, 0.29) is 6.04 Å². The van der Waals surface area contributed by atoms with Gasteiger partial charge in [0.05, 0.1) is 11.8 Å². The van der Waals surface area contributed by atoms with E-state index in [1.54, 1.807) is 0 Å². The number of nitrogens with zero attached hydrogens (tertiary/aromatic N) is 2. The minimum atomic E-state index is 0.173. The molecule has 0 bridgehead atoms. The molecular weight excluding hydrogens is 334 g/mol. The summed E-state index contributed by atoms with van der Waals surface area (Å²) in [5.74, 6) is 2.81. The van der Waals surface area contributed by atoms with Gasteiger partial charge in [-0.15, -0.1) is 11.8 Å². The highest BCUT2D eigenvalue weighted by Crippen LogP contribution is 2.24. The Kier molecular flexibility index (Phi) is 5.53. The highest BCUT2D eigenvalue weighted by atomic mass is 32.2. The molecule has 0 spiro atoms. The third kappa shape index (κ3) is 3.79. The van der Waals surface area contributed by atoms with Gasteiger partial charge >= 0.3 is 0 Å². The second kappa shape index (κ2) is 7.81. The number of thioether (sulfide) groups is 1. The first-order chi connectivity index (χ1) is 11.7. The van der Waals surface area contributed by atoms with Gasteiger partial charge in [0.15, 0.2) is 4.77 Å². The van der Waals surface area contributed by atoms with Gasteiger partial charge in [-0.1, -0.05) is 54.6 Å². The Bertz CT molecular complexity index is 852. The largest absolute Gasteiger partial charge is 0.296 e. The Balaban J connectivity index is 1.73. The number of aromatic nitrogens is 3. The van der Waals surface area contributed by atoms with Crippen molar-refractivity contribution in [1.29, 1.82) is 0 Å². The third-order valence-electron chi connectivity index (χ3n) is 4.20. The molecule has 0 aliphatic heterocycles. The summed E-state index contributed by atoms with van der Waals surface area (Å²) >= 11 is 7.31. The zero-order valence-corrected chi connectivity index (χ0v) is 15.5. The molecule has 0 saturated heterocycles. The first kappa shape index (κ1) is 17.0. The standard InChI is InChI=1S/C19H21N3S2/c1-14-8-6-7-11-17(14)12-24-13-18-20-21-19(23)22(18)15(2)16-9-4-3-5-10-16/h3-11,15H,12-13H2,1-2H3,(H,21,23). The lowest BCUT2D eigenvalue weighted by Crippen LogP contribution is -2.10. The van der Waals surface area contributed by atoms with Crippen molar-refractivity contribution in [3.63, 3.8) is 0 Å². The Morgan fingerprint density at radius 3 is 2.54 bits per heavy atom. The third-order valence-corrected chi connectivity index (χ3v) is 5.46. The highest BCUT2D eigenvalue weighted by molar-refractivity contribution is 7.97. The fourth-order valence-corrected chi connectivity index (χ4v) is 4.08. The molecule has 24 heavy (non-hydrogen) atoms. The molecule has 3 nitrogen and oxygen atoms in total. The van der Waals surface area contributed by atoms with Crippen molar-refractivity contribution in [3.8, 4) is 0 Å². The van der Waals surface area contributed by atoms with Crippen LogP contribution in [0.25, 0.3) is 0 Å². The van der Waals surface area contributed by atoms with E-state index in [1.165, 1.54) is 16.7 Å². The topological polar surface area (TPSA) is 33.6 Å². The van der Waals surface area contributed by atoms with Crippen molar-refractivity contribution in [1.82, 2.24) is 14.8 Å². The van der Waals surface area contributed by atoms with Crippen molar-refractivity contribution in [2.45, 2.75) is 31.4 Å². The summed E-state index contributed by atoms with van der Waals surface area (Å²) in [6, 6.07) is 19.1. The molecule has 0 aliphatic carbocycles. The SMILES string of the molecule is Cc1ccccc1CSCc1n[nH]c(=S)n1C(C)c1ccccc1. The van der Waals surface area contributed by atoms with Crippen LogP contribution in [0.2, 0.25) is 0 Å². The summed E-state index contributed by atoms with van der Waals surface area (Å²) in [7, 11) is 0. The zero-order chi connectivity index (χ0) is 16.9. The van der Waals surface area contributed by atoms with Crippen molar-refractivity contribution in [2.24, 2.45) is 0 Å². The van der Waals surface area contributed by atoms with E-state index >= 15 is 0 Å². The number of aryl methyl sites for hydroxylation is 1. The molecule has 0 amide bonds. The van der Waals surface area contributed by atoms with Crippen LogP contribution in [0.4, 0.5) is 0 Å². The number of H-pyrrole nitrogens is 1. The molecule has 0 radical (unpaired) electrons. The van der Waals surface area contributed by atoms with Crippen LogP contribution in [0.5, 0.6) is 0 Å². The quantitative estimate of drug-likeness (QED) is 0.610. The maximum atomic E-state index is 5.45. The molecule has 1 heterocycles. The Hall–Kier alpha value is -1.85. The molecule has 0 fully saturated rings. The van der Waals surface area contributed by atoms with Crippen molar-refractivity contribution >= 4 is 24.0 Å². The van der Waals surface area contributed by atoms with Gasteiger partial charge in [0.25, 0.3) is 0 Å². The number of hydrogen-bond donors (Lipinski definition) is 1. The molecule has 1 atom stereocenters. The van der Waals surface area contributed by atoms with E-state index in [9.17, 15) is 0 Å². The smallest absolute Gasteiger partial charge is 0.195 e. The van der Waals surface area contributed by atoms with Crippen molar-refractivity contribution in [3.05, 3.63) is 81.9 Å². The van der Waals surface area contributed by atoms with Crippen LogP contribution < -0.4 is 0 Å². The minimum Gasteiger partial charge on any atom is -0.296 e. The normalized spacial score (nSPS) is 12.2. The van der Waals surface area contributed by atoms with E-state index in [0.29, 0.717) is 4.77 Å². The molecule has 1 N–H and O–H groups in total. The molecule has 5 heteroatoms. The fraction of sp³-hybridized carbons (Fsp3) is 0.263. The average Bonchev–Trinajstić information content (AvgIpc) is 2.97. The zero-order valence-electron chi connectivity index (χ0n) is 13.9. The lowest BCUT2D eigenvalue weighted by Gasteiger charge is -2.16. The number of rotatable bonds is 6. The van der Waals surface area contributed by atoms with Crippen LogP contribution in [0.3, 0.4) is 0 Å². The van der Waals surface area contributed by atoms with E-state index in [0.717, 1.165) is 17.3 Å². The van der Waals surface area contributed by atoms with Crippen LogP contribution in [0.1, 0.15) is 35.5 Å². The summed E-state index contributed by atoms with van der Waals surface area (Å²) in [6.45, 7) is 4.32. The van der Waals surface area contributed by atoms with Gasteiger partial charge in [-0.2, -0.15) is 5.10 Å². The van der Waals surface area contributed by atoms with Gasteiger partial charge in [-0.05, 0) is 42.8 Å². The second-order valence-electron chi connectivity index (χ2n) is 5.82. The summed E-state index contributed by atoms with van der Waals surface area (Å²) in [5.41, 5.74) is 3.95. The first-order valence-corrected chi connectivity index (χ1v) is 9.56. The van der Waals surface area contributed by atoms with Crippen LogP contribution in [0, 0.1) is 11.7 Å². The number of benzene rings is 2. The van der Waals surface area contributed by atoms with Gasteiger partial charge in [0.2, 0.25) is 0 Å². The average molecular weight is 356 g/mol. The van der Waals surface area contributed by atoms with Crippen LogP contribution in [-0.4, -0.2) is 14.8 Å². The molecule has 124 valence electrons. The van der Waals surface area contributed by atoms with Crippen molar-refractivity contribution < 1.29 is 0 Å².